The Morgan fingerprint density at radius 1 is 1.29 bits per heavy atom. The highest BCUT2D eigenvalue weighted by molar-refractivity contribution is 5.54. The van der Waals surface area contributed by atoms with Crippen LogP contribution in [0.25, 0.3) is 11.4 Å². The van der Waals surface area contributed by atoms with E-state index in [2.05, 4.69) is 10.1 Å². The van der Waals surface area contributed by atoms with Gasteiger partial charge < -0.3 is 15.0 Å². The maximum atomic E-state index is 5.41. The quantitative estimate of drug-likeness (QED) is 0.844. The number of aromatic nitrogens is 2. The summed E-state index contributed by atoms with van der Waals surface area (Å²) >= 11 is 0. The minimum absolute atomic E-state index is 0.263. The molecule has 0 amide bonds. The molecule has 90 valence electrons. The molecule has 0 fully saturated rings. The first-order chi connectivity index (χ1) is 8.33. The first kappa shape index (κ1) is 11.8. The number of ether oxygens (including phenoxy) is 1. The highest BCUT2D eigenvalue weighted by Crippen LogP contribution is 2.16. The number of benzene rings is 1. The fraction of sp³-hybridized carbons (Fsp3) is 0.333. The molecule has 0 bridgehead atoms. The van der Waals surface area contributed by atoms with Gasteiger partial charge in [0.2, 0.25) is 11.7 Å². The van der Waals surface area contributed by atoms with Crippen molar-refractivity contribution in [3.8, 4) is 11.4 Å². The van der Waals surface area contributed by atoms with Crippen LogP contribution in [0.3, 0.4) is 0 Å². The molecule has 0 saturated carbocycles. The first-order valence-corrected chi connectivity index (χ1v) is 5.44. The van der Waals surface area contributed by atoms with Gasteiger partial charge in [-0.3, -0.25) is 0 Å². The molecule has 1 aromatic carbocycles. The lowest BCUT2D eigenvalue weighted by Gasteiger charge is -2.00. The smallest absolute Gasteiger partial charge is 0.240 e. The van der Waals surface area contributed by atoms with E-state index < -0.39 is 0 Å². The van der Waals surface area contributed by atoms with Crippen LogP contribution >= 0.6 is 0 Å². The van der Waals surface area contributed by atoms with Gasteiger partial charge in [0, 0.05) is 12.7 Å². The van der Waals surface area contributed by atoms with Crippen molar-refractivity contribution in [2.45, 2.75) is 13.0 Å². The second kappa shape index (κ2) is 5.56. The molecule has 0 atom stereocenters. The van der Waals surface area contributed by atoms with Crippen molar-refractivity contribution >= 4 is 0 Å². The predicted molar refractivity (Wildman–Crippen MR) is 63.2 cm³/mol. The van der Waals surface area contributed by atoms with Gasteiger partial charge in [0.05, 0.1) is 13.2 Å². The molecule has 1 aromatic heterocycles. The van der Waals surface area contributed by atoms with Crippen molar-refractivity contribution in [2.24, 2.45) is 5.73 Å². The van der Waals surface area contributed by atoms with Crippen LogP contribution in [0.5, 0.6) is 0 Å². The van der Waals surface area contributed by atoms with Crippen molar-refractivity contribution in [1.29, 1.82) is 0 Å². The Morgan fingerprint density at radius 3 is 2.65 bits per heavy atom. The number of hydrogen-bond acceptors (Lipinski definition) is 5. The monoisotopic (exact) mass is 233 g/mol. The van der Waals surface area contributed by atoms with Crippen molar-refractivity contribution in [3.05, 3.63) is 35.7 Å². The van der Waals surface area contributed by atoms with Crippen LogP contribution in [0, 0.1) is 0 Å². The predicted octanol–water partition coefficient (Wildman–Crippen LogP) is 1.38. The molecular weight excluding hydrogens is 218 g/mol. The van der Waals surface area contributed by atoms with Gasteiger partial charge in [-0.1, -0.05) is 29.4 Å². The van der Waals surface area contributed by atoms with E-state index in [1.165, 1.54) is 5.56 Å². The molecule has 0 aliphatic heterocycles. The summed E-state index contributed by atoms with van der Waals surface area (Å²) in [4.78, 5) is 4.16. The van der Waals surface area contributed by atoms with Crippen LogP contribution in [0.15, 0.2) is 28.8 Å². The average molecular weight is 233 g/mol. The van der Waals surface area contributed by atoms with E-state index in [-0.39, 0.29) is 6.54 Å². The summed E-state index contributed by atoms with van der Waals surface area (Å²) < 4.78 is 9.98. The molecule has 0 aliphatic rings. The Morgan fingerprint density at radius 2 is 2.06 bits per heavy atom. The van der Waals surface area contributed by atoms with Gasteiger partial charge >= 0.3 is 0 Å². The van der Waals surface area contributed by atoms with E-state index in [1.807, 2.05) is 24.3 Å². The summed E-state index contributed by atoms with van der Waals surface area (Å²) in [7, 11) is 1.70. The lowest BCUT2D eigenvalue weighted by Crippen LogP contribution is -1.96. The lowest BCUT2D eigenvalue weighted by atomic mass is 10.1. The zero-order chi connectivity index (χ0) is 12.1. The molecule has 1 heterocycles. The molecule has 0 saturated heterocycles. The maximum Gasteiger partial charge on any atom is 0.240 e. The Bertz CT molecular complexity index is 465. The maximum absolute atomic E-state index is 5.41. The summed E-state index contributed by atoms with van der Waals surface area (Å²) in [6.07, 6.45) is 0.900. The van der Waals surface area contributed by atoms with Gasteiger partial charge in [-0.25, -0.2) is 0 Å². The van der Waals surface area contributed by atoms with Crippen molar-refractivity contribution in [2.75, 3.05) is 13.7 Å². The van der Waals surface area contributed by atoms with Crippen LogP contribution in [0.2, 0.25) is 0 Å². The zero-order valence-corrected chi connectivity index (χ0v) is 9.72. The number of rotatable bonds is 5. The topological polar surface area (TPSA) is 74.2 Å². The fourth-order valence-electron chi connectivity index (χ4n) is 1.50. The average Bonchev–Trinajstić information content (AvgIpc) is 2.86. The second-order valence-corrected chi connectivity index (χ2v) is 3.66. The Balaban J connectivity index is 2.11. The van der Waals surface area contributed by atoms with Crippen LogP contribution < -0.4 is 5.73 Å². The Hall–Kier alpha value is -1.72. The van der Waals surface area contributed by atoms with Gasteiger partial charge in [0.25, 0.3) is 0 Å². The molecule has 0 aliphatic carbocycles. The standard InChI is InChI=1S/C12H15N3O2/c1-16-7-6-9-2-4-10(5-3-9)12-14-11(8-13)17-15-12/h2-5H,6-8,13H2,1H3. The van der Waals surface area contributed by atoms with Crippen molar-refractivity contribution in [1.82, 2.24) is 10.1 Å². The molecule has 0 radical (unpaired) electrons. The van der Waals surface area contributed by atoms with Crippen molar-refractivity contribution < 1.29 is 9.26 Å². The number of methoxy groups -OCH3 is 1. The number of hydrogen-bond donors (Lipinski definition) is 1. The van der Waals surface area contributed by atoms with Gasteiger partial charge in [0.1, 0.15) is 0 Å². The van der Waals surface area contributed by atoms with E-state index in [0.29, 0.717) is 11.7 Å². The Labute approximate surface area is 99.6 Å². The Kier molecular flexibility index (Phi) is 3.85. The second-order valence-electron chi connectivity index (χ2n) is 3.66. The van der Waals surface area contributed by atoms with Crippen LogP contribution in [-0.2, 0) is 17.7 Å². The van der Waals surface area contributed by atoms with E-state index in [0.717, 1.165) is 18.6 Å². The molecule has 5 nitrogen and oxygen atoms in total. The number of nitrogens with zero attached hydrogens (tertiary/aromatic N) is 2. The molecule has 0 unspecified atom stereocenters. The summed E-state index contributed by atoms with van der Waals surface area (Å²) in [6.45, 7) is 0.984. The SMILES string of the molecule is COCCc1ccc(-c2noc(CN)n2)cc1. The van der Waals surface area contributed by atoms with Crippen LogP contribution in [-0.4, -0.2) is 23.9 Å². The molecule has 2 N–H and O–H groups in total. The molecule has 17 heavy (non-hydrogen) atoms. The van der Waals surface area contributed by atoms with Gasteiger partial charge in [-0.2, -0.15) is 4.98 Å². The van der Waals surface area contributed by atoms with E-state index in [9.17, 15) is 0 Å². The van der Waals surface area contributed by atoms with Gasteiger partial charge in [0.15, 0.2) is 0 Å². The summed E-state index contributed by atoms with van der Waals surface area (Å²) in [5, 5.41) is 3.86. The summed E-state index contributed by atoms with van der Waals surface area (Å²) in [6, 6.07) is 8.01. The number of nitrogens with two attached hydrogens (primary N) is 1. The van der Waals surface area contributed by atoms with E-state index >= 15 is 0 Å². The van der Waals surface area contributed by atoms with Crippen molar-refractivity contribution in [3.63, 3.8) is 0 Å². The minimum atomic E-state index is 0.263. The summed E-state index contributed by atoms with van der Waals surface area (Å²) in [5.41, 5.74) is 7.56. The first-order valence-electron chi connectivity index (χ1n) is 5.44. The van der Waals surface area contributed by atoms with Gasteiger partial charge in [-0.15, -0.1) is 0 Å². The van der Waals surface area contributed by atoms with Crippen LogP contribution in [0.4, 0.5) is 0 Å². The molecule has 5 heteroatoms. The molecule has 0 spiro atoms. The molecule has 2 aromatic rings. The minimum Gasteiger partial charge on any atom is -0.384 e. The highest BCUT2D eigenvalue weighted by Gasteiger charge is 2.06. The zero-order valence-electron chi connectivity index (χ0n) is 9.72. The fourth-order valence-corrected chi connectivity index (χ4v) is 1.50. The largest absolute Gasteiger partial charge is 0.384 e. The van der Waals surface area contributed by atoms with E-state index in [1.54, 1.807) is 7.11 Å². The molecular formula is C12H15N3O2. The van der Waals surface area contributed by atoms with Crippen LogP contribution in [0.1, 0.15) is 11.5 Å². The summed E-state index contributed by atoms with van der Waals surface area (Å²) in [5.74, 6) is 1.02. The third-order valence-corrected chi connectivity index (χ3v) is 2.45. The van der Waals surface area contributed by atoms with Gasteiger partial charge in [-0.05, 0) is 12.0 Å². The van der Waals surface area contributed by atoms with E-state index in [4.69, 9.17) is 15.0 Å². The lowest BCUT2D eigenvalue weighted by molar-refractivity contribution is 0.202. The normalized spacial score (nSPS) is 10.7. The molecule has 2 rings (SSSR count). The third-order valence-electron chi connectivity index (χ3n) is 2.45. The highest BCUT2D eigenvalue weighted by atomic mass is 16.5. The third kappa shape index (κ3) is 2.89.